The van der Waals surface area contributed by atoms with Gasteiger partial charge in [-0.3, -0.25) is 4.99 Å². The highest BCUT2D eigenvalue weighted by Gasteiger charge is 1.97. The van der Waals surface area contributed by atoms with Crippen molar-refractivity contribution in [3.63, 3.8) is 0 Å². The second-order valence-corrected chi connectivity index (χ2v) is 5.20. The molecule has 2 N–H and O–H groups in total. The number of aryl methyl sites for hydroxylation is 1. The lowest BCUT2D eigenvalue weighted by atomic mass is 10.1. The smallest absolute Gasteiger partial charge is 0.191 e. The van der Waals surface area contributed by atoms with E-state index in [1.807, 2.05) is 12.1 Å². The molecule has 2 rings (SSSR count). The second kappa shape index (κ2) is 12.0. The van der Waals surface area contributed by atoms with Crippen LogP contribution in [-0.2, 0) is 13.0 Å². The first-order chi connectivity index (χ1) is 10.9. The molecule has 0 bridgehead atoms. The number of aliphatic imine (C=N–C) groups is 1. The Morgan fingerprint density at radius 2 is 1.78 bits per heavy atom. The fourth-order valence-corrected chi connectivity index (χ4v) is 2.28. The summed E-state index contributed by atoms with van der Waals surface area (Å²) in [5.74, 6) is 0.905. The number of benzene rings is 1. The summed E-state index contributed by atoms with van der Waals surface area (Å²) < 4.78 is 2.16. The Hall–Kier alpha value is -1.50. The Morgan fingerprint density at radius 1 is 1.04 bits per heavy atom. The number of guanidine groups is 1. The highest BCUT2D eigenvalue weighted by Crippen LogP contribution is 2.02. The van der Waals surface area contributed by atoms with E-state index >= 15 is 0 Å². The van der Waals surface area contributed by atoms with Crippen LogP contribution < -0.4 is 10.6 Å². The first-order valence-electron chi connectivity index (χ1n) is 8.05. The Bertz CT molecular complexity index is 537. The van der Waals surface area contributed by atoms with Crippen LogP contribution in [0.2, 0.25) is 0 Å². The van der Waals surface area contributed by atoms with Crippen molar-refractivity contribution in [2.24, 2.45) is 4.99 Å². The molecule has 0 saturated carbocycles. The van der Waals surface area contributed by atoms with Crippen LogP contribution in [0.4, 0.5) is 0 Å². The van der Waals surface area contributed by atoms with Crippen LogP contribution >= 0.6 is 24.0 Å². The second-order valence-electron chi connectivity index (χ2n) is 5.20. The topological polar surface area (TPSA) is 41.4 Å². The molecule has 1 aromatic carbocycles. The maximum absolute atomic E-state index is 4.63. The van der Waals surface area contributed by atoms with E-state index in [-0.39, 0.29) is 24.0 Å². The number of nitrogens with zero attached hydrogens (tertiary/aromatic N) is 2. The molecule has 23 heavy (non-hydrogen) atoms. The molecule has 0 unspecified atom stereocenters. The average Bonchev–Trinajstić information content (AvgIpc) is 3.06. The largest absolute Gasteiger partial charge is 0.357 e. The van der Waals surface area contributed by atoms with Gasteiger partial charge in [-0.15, -0.1) is 24.0 Å². The molecular formula is C18H27IN4. The minimum Gasteiger partial charge on any atom is -0.357 e. The Morgan fingerprint density at radius 3 is 2.48 bits per heavy atom. The normalized spacial score (nSPS) is 10.9. The van der Waals surface area contributed by atoms with E-state index in [0.717, 1.165) is 45.0 Å². The van der Waals surface area contributed by atoms with Crippen molar-refractivity contribution >= 4 is 29.9 Å². The van der Waals surface area contributed by atoms with Gasteiger partial charge in [-0.25, -0.2) is 0 Å². The molecule has 0 saturated heterocycles. The van der Waals surface area contributed by atoms with Gasteiger partial charge in [-0.2, -0.15) is 0 Å². The molecule has 0 amide bonds. The molecule has 5 heteroatoms. The summed E-state index contributed by atoms with van der Waals surface area (Å²) in [7, 11) is 0. The van der Waals surface area contributed by atoms with Gasteiger partial charge in [0.15, 0.2) is 5.96 Å². The fraction of sp³-hybridized carbons (Fsp3) is 0.389. The van der Waals surface area contributed by atoms with Crippen LogP contribution in [0.15, 0.2) is 59.9 Å². The van der Waals surface area contributed by atoms with Crippen molar-refractivity contribution in [2.75, 3.05) is 19.6 Å². The Kier molecular flexibility index (Phi) is 10.2. The molecule has 2 aromatic rings. The van der Waals surface area contributed by atoms with Crippen LogP contribution in [0.25, 0.3) is 0 Å². The minimum atomic E-state index is 0. The third-order valence-electron chi connectivity index (χ3n) is 3.41. The number of nitrogens with one attached hydrogen (secondary N) is 2. The fourth-order valence-electron chi connectivity index (χ4n) is 2.28. The highest BCUT2D eigenvalue weighted by atomic mass is 127. The van der Waals surface area contributed by atoms with Crippen molar-refractivity contribution in [1.82, 2.24) is 15.2 Å². The van der Waals surface area contributed by atoms with Crippen molar-refractivity contribution in [3.8, 4) is 0 Å². The van der Waals surface area contributed by atoms with Crippen LogP contribution in [0.5, 0.6) is 0 Å². The standard InChI is InChI=1S/C18H26N4.HI/c1-2-19-18(21-13-16-22-14-6-7-15-22)20-12-8-11-17-9-4-3-5-10-17;/h3-7,9-10,14-15H,2,8,11-13,16H2,1H3,(H2,19,20,21);1H. The van der Waals surface area contributed by atoms with Crippen LogP contribution in [-0.4, -0.2) is 30.2 Å². The first-order valence-corrected chi connectivity index (χ1v) is 8.05. The summed E-state index contributed by atoms with van der Waals surface area (Å²) >= 11 is 0. The van der Waals surface area contributed by atoms with Crippen molar-refractivity contribution in [2.45, 2.75) is 26.3 Å². The quantitative estimate of drug-likeness (QED) is 0.295. The maximum Gasteiger partial charge on any atom is 0.191 e. The lowest BCUT2D eigenvalue weighted by Gasteiger charge is -2.11. The molecule has 0 aliphatic rings. The van der Waals surface area contributed by atoms with E-state index in [0.29, 0.717) is 0 Å². The summed E-state index contributed by atoms with van der Waals surface area (Å²) in [6.07, 6.45) is 6.29. The molecule has 0 atom stereocenters. The summed E-state index contributed by atoms with van der Waals surface area (Å²) in [5, 5.41) is 6.67. The number of hydrogen-bond acceptors (Lipinski definition) is 1. The van der Waals surface area contributed by atoms with Gasteiger partial charge >= 0.3 is 0 Å². The molecular weight excluding hydrogens is 399 g/mol. The first kappa shape index (κ1) is 19.5. The van der Waals surface area contributed by atoms with E-state index < -0.39 is 0 Å². The minimum absolute atomic E-state index is 0. The van der Waals surface area contributed by atoms with Crippen LogP contribution in [0, 0.1) is 0 Å². The van der Waals surface area contributed by atoms with E-state index in [4.69, 9.17) is 0 Å². The average molecular weight is 426 g/mol. The molecule has 0 fully saturated rings. The van der Waals surface area contributed by atoms with Gasteiger partial charge < -0.3 is 15.2 Å². The van der Waals surface area contributed by atoms with Gasteiger partial charge in [0.05, 0.1) is 0 Å². The van der Waals surface area contributed by atoms with E-state index in [1.165, 1.54) is 5.56 Å². The van der Waals surface area contributed by atoms with Gasteiger partial charge in [0.25, 0.3) is 0 Å². The van der Waals surface area contributed by atoms with Crippen LogP contribution in [0.3, 0.4) is 0 Å². The third kappa shape index (κ3) is 8.06. The molecule has 4 nitrogen and oxygen atoms in total. The monoisotopic (exact) mass is 426 g/mol. The highest BCUT2D eigenvalue weighted by molar-refractivity contribution is 14.0. The summed E-state index contributed by atoms with van der Waals surface area (Å²) in [4.78, 5) is 4.63. The zero-order valence-corrected chi connectivity index (χ0v) is 16.1. The lowest BCUT2D eigenvalue weighted by Crippen LogP contribution is -2.38. The van der Waals surface area contributed by atoms with E-state index in [2.05, 4.69) is 69.8 Å². The van der Waals surface area contributed by atoms with E-state index in [1.54, 1.807) is 0 Å². The van der Waals surface area contributed by atoms with Crippen molar-refractivity contribution in [1.29, 1.82) is 0 Å². The SMILES string of the molecule is CCNC(=NCCCc1ccccc1)NCCn1cccc1.I. The maximum atomic E-state index is 4.63. The number of aromatic nitrogens is 1. The number of hydrogen-bond donors (Lipinski definition) is 2. The zero-order chi connectivity index (χ0) is 15.5. The Labute approximate surface area is 156 Å². The van der Waals surface area contributed by atoms with Crippen molar-refractivity contribution < 1.29 is 0 Å². The predicted octanol–water partition coefficient (Wildman–Crippen LogP) is 3.29. The number of halogens is 1. The number of rotatable bonds is 8. The van der Waals surface area contributed by atoms with Gasteiger partial charge in [0.1, 0.15) is 0 Å². The zero-order valence-electron chi connectivity index (χ0n) is 13.7. The Balaban J connectivity index is 0.00000264. The summed E-state index contributed by atoms with van der Waals surface area (Å²) in [5.41, 5.74) is 1.38. The van der Waals surface area contributed by atoms with Gasteiger partial charge in [-0.1, -0.05) is 30.3 Å². The molecule has 0 radical (unpaired) electrons. The molecule has 126 valence electrons. The summed E-state index contributed by atoms with van der Waals surface area (Å²) in [6, 6.07) is 14.7. The lowest BCUT2D eigenvalue weighted by molar-refractivity contribution is 0.664. The third-order valence-corrected chi connectivity index (χ3v) is 3.41. The van der Waals surface area contributed by atoms with Crippen LogP contribution in [0.1, 0.15) is 18.9 Å². The molecule has 0 spiro atoms. The van der Waals surface area contributed by atoms with Gasteiger partial charge in [0, 0.05) is 38.6 Å². The molecule has 0 aliphatic carbocycles. The van der Waals surface area contributed by atoms with Gasteiger partial charge in [0.2, 0.25) is 0 Å². The van der Waals surface area contributed by atoms with Gasteiger partial charge in [-0.05, 0) is 37.5 Å². The molecule has 1 aromatic heterocycles. The van der Waals surface area contributed by atoms with E-state index in [9.17, 15) is 0 Å². The summed E-state index contributed by atoms with van der Waals surface area (Å²) in [6.45, 7) is 5.63. The van der Waals surface area contributed by atoms with Crippen molar-refractivity contribution in [3.05, 3.63) is 60.4 Å². The molecule has 0 aliphatic heterocycles. The predicted molar refractivity (Wildman–Crippen MR) is 109 cm³/mol. The molecule has 1 heterocycles.